The Morgan fingerprint density at radius 3 is 2.33 bits per heavy atom. The summed E-state index contributed by atoms with van der Waals surface area (Å²) < 4.78 is 18.9. The number of benzene rings is 3. The molecule has 0 aliphatic carbocycles. The minimum Gasteiger partial charge on any atom is -0.497 e. The van der Waals surface area contributed by atoms with Gasteiger partial charge in [0.2, 0.25) is 0 Å². The second-order valence-corrected chi connectivity index (χ2v) is 10.7. The number of esters is 1. The Bertz CT molecular complexity index is 1720. The average Bonchev–Trinajstić information content (AvgIpc) is 3.26. The van der Waals surface area contributed by atoms with Crippen LogP contribution in [0.4, 0.5) is 0 Å². The number of hydrogen-bond acceptors (Lipinski definition) is 7. The number of methoxy groups -OCH3 is 1. The van der Waals surface area contributed by atoms with Gasteiger partial charge in [0.25, 0.3) is 5.56 Å². The molecule has 0 N–H and O–H groups in total. The number of nitrogens with zero attached hydrogens (tertiary/aromatic N) is 2. The van der Waals surface area contributed by atoms with Gasteiger partial charge in [0, 0.05) is 0 Å². The number of carbonyl (C=O) groups excluding carboxylic acids is 1. The molecule has 1 unspecified atom stereocenters. The molecule has 3 aromatic carbocycles. The molecule has 2 heterocycles. The van der Waals surface area contributed by atoms with Crippen molar-refractivity contribution in [2.45, 2.75) is 39.5 Å². The van der Waals surface area contributed by atoms with Crippen molar-refractivity contribution in [2.24, 2.45) is 4.99 Å². The van der Waals surface area contributed by atoms with Gasteiger partial charge in [-0.05, 0) is 67.8 Å². The fourth-order valence-corrected chi connectivity index (χ4v) is 5.56. The molecule has 40 heavy (non-hydrogen) atoms. The molecular weight excluding hydrogens is 524 g/mol. The van der Waals surface area contributed by atoms with E-state index >= 15 is 0 Å². The lowest BCUT2D eigenvalue weighted by molar-refractivity contribution is -0.143. The quantitative estimate of drug-likeness (QED) is 0.293. The minimum atomic E-state index is -0.677. The van der Waals surface area contributed by atoms with Gasteiger partial charge in [0.1, 0.15) is 18.1 Å². The molecule has 1 aromatic heterocycles. The Morgan fingerprint density at radius 2 is 1.68 bits per heavy atom. The normalized spacial score (nSPS) is 15.0. The Kier molecular flexibility index (Phi) is 7.98. The topological polar surface area (TPSA) is 79.1 Å². The summed E-state index contributed by atoms with van der Waals surface area (Å²) in [7, 11) is 1.59. The molecule has 7 nitrogen and oxygen atoms in total. The van der Waals surface area contributed by atoms with Crippen molar-refractivity contribution < 1.29 is 19.0 Å². The Balaban J connectivity index is 1.51. The maximum Gasteiger partial charge on any atom is 0.338 e. The molecule has 8 heteroatoms. The van der Waals surface area contributed by atoms with Crippen molar-refractivity contribution in [2.75, 3.05) is 7.11 Å². The first-order valence-corrected chi connectivity index (χ1v) is 13.8. The summed E-state index contributed by atoms with van der Waals surface area (Å²) in [6.45, 7) is 5.84. The highest BCUT2D eigenvalue weighted by Crippen LogP contribution is 2.32. The fourth-order valence-electron chi connectivity index (χ4n) is 4.51. The molecule has 1 atom stereocenters. The Morgan fingerprint density at radius 1 is 1.00 bits per heavy atom. The zero-order valence-electron chi connectivity index (χ0n) is 22.8. The standard InChI is InChI=1S/C32H30N2O5S/c1-20(2)39-31(36)28-21(3)33-32-34(29(28)24-12-16-25(37-4)17-13-24)30(35)27(40-32)18-22-10-14-26(15-11-22)38-19-23-8-6-5-7-9-23/h5-18,20,29H,19H2,1-4H3. The van der Waals surface area contributed by atoms with E-state index in [1.165, 1.54) is 11.3 Å². The first-order valence-electron chi connectivity index (χ1n) is 13.0. The lowest BCUT2D eigenvalue weighted by atomic mass is 9.96. The van der Waals surface area contributed by atoms with Crippen molar-refractivity contribution in [3.05, 3.63) is 127 Å². The Hall–Kier alpha value is -4.43. The van der Waals surface area contributed by atoms with Gasteiger partial charge in [-0.15, -0.1) is 0 Å². The van der Waals surface area contributed by atoms with Crippen LogP contribution in [0.1, 0.15) is 43.5 Å². The third-order valence-electron chi connectivity index (χ3n) is 6.44. The van der Waals surface area contributed by atoms with Gasteiger partial charge in [-0.1, -0.05) is 65.9 Å². The van der Waals surface area contributed by atoms with E-state index in [2.05, 4.69) is 4.99 Å². The van der Waals surface area contributed by atoms with E-state index in [0.29, 0.717) is 33.0 Å². The summed E-state index contributed by atoms with van der Waals surface area (Å²) >= 11 is 1.29. The average molecular weight is 555 g/mol. The number of rotatable bonds is 8. The van der Waals surface area contributed by atoms with E-state index in [-0.39, 0.29) is 11.7 Å². The first kappa shape index (κ1) is 27.1. The van der Waals surface area contributed by atoms with Crippen molar-refractivity contribution in [3.8, 4) is 11.5 Å². The van der Waals surface area contributed by atoms with Gasteiger partial charge in [-0.3, -0.25) is 9.36 Å². The van der Waals surface area contributed by atoms with E-state index in [9.17, 15) is 9.59 Å². The maximum atomic E-state index is 13.8. The van der Waals surface area contributed by atoms with Crippen LogP contribution in [-0.2, 0) is 16.1 Å². The highest BCUT2D eigenvalue weighted by Gasteiger charge is 2.33. The maximum absolute atomic E-state index is 13.8. The van der Waals surface area contributed by atoms with Gasteiger partial charge in [0.15, 0.2) is 4.80 Å². The van der Waals surface area contributed by atoms with E-state index in [0.717, 1.165) is 22.4 Å². The highest BCUT2D eigenvalue weighted by atomic mass is 32.1. The minimum absolute atomic E-state index is 0.226. The van der Waals surface area contributed by atoms with E-state index in [1.807, 2.05) is 84.9 Å². The number of thiazole rings is 1. The molecular formula is C32H30N2O5S. The molecule has 1 aliphatic rings. The van der Waals surface area contributed by atoms with Gasteiger partial charge in [0.05, 0.1) is 35.1 Å². The van der Waals surface area contributed by atoms with Crippen LogP contribution in [0, 0.1) is 0 Å². The number of hydrogen-bond donors (Lipinski definition) is 0. The third-order valence-corrected chi connectivity index (χ3v) is 7.43. The van der Waals surface area contributed by atoms with Gasteiger partial charge >= 0.3 is 5.97 Å². The molecule has 1 aliphatic heterocycles. The molecule has 204 valence electrons. The number of carbonyl (C=O) groups is 1. The fraction of sp³-hybridized carbons (Fsp3) is 0.219. The van der Waals surface area contributed by atoms with E-state index in [4.69, 9.17) is 14.2 Å². The second kappa shape index (κ2) is 11.8. The summed E-state index contributed by atoms with van der Waals surface area (Å²) in [6, 6.07) is 24.2. The number of ether oxygens (including phenoxy) is 3. The van der Waals surface area contributed by atoms with Crippen molar-refractivity contribution in [3.63, 3.8) is 0 Å². The van der Waals surface area contributed by atoms with Crippen molar-refractivity contribution in [1.29, 1.82) is 0 Å². The van der Waals surface area contributed by atoms with Crippen LogP contribution in [0.2, 0.25) is 0 Å². The molecule has 4 aromatic rings. The van der Waals surface area contributed by atoms with E-state index in [1.54, 1.807) is 32.4 Å². The van der Waals surface area contributed by atoms with Gasteiger partial charge in [-0.2, -0.15) is 0 Å². The molecule has 0 bridgehead atoms. The molecule has 0 spiro atoms. The van der Waals surface area contributed by atoms with Crippen molar-refractivity contribution >= 4 is 23.4 Å². The monoisotopic (exact) mass is 554 g/mol. The van der Waals surface area contributed by atoms with Gasteiger partial charge < -0.3 is 14.2 Å². The molecule has 0 amide bonds. The molecule has 0 fully saturated rings. The lowest BCUT2D eigenvalue weighted by Crippen LogP contribution is -2.40. The summed E-state index contributed by atoms with van der Waals surface area (Å²) in [6.07, 6.45) is 1.52. The SMILES string of the molecule is COc1ccc(C2C(C(=O)OC(C)C)=C(C)N=c3sc(=Cc4ccc(OCc5ccccc5)cc4)c(=O)n32)cc1. The zero-order valence-corrected chi connectivity index (χ0v) is 23.6. The van der Waals surface area contributed by atoms with Crippen LogP contribution >= 0.6 is 11.3 Å². The Labute approximate surface area is 236 Å². The summed E-state index contributed by atoms with van der Waals surface area (Å²) in [5.74, 6) is 0.933. The smallest absolute Gasteiger partial charge is 0.338 e. The van der Waals surface area contributed by atoms with Gasteiger partial charge in [-0.25, -0.2) is 9.79 Å². The third kappa shape index (κ3) is 5.77. The van der Waals surface area contributed by atoms with Crippen LogP contribution in [0.3, 0.4) is 0 Å². The van der Waals surface area contributed by atoms with E-state index < -0.39 is 12.0 Å². The van der Waals surface area contributed by atoms with Crippen LogP contribution in [-0.4, -0.2) is 23.8 Å². The second-order valence-electron chi connectivity index (χ2n) is 9.65. The first-order chi connectivity index (χ1) is 19.3. The summed E-state index contributed by atoms with van der Waals surface area (Å²) in [4.78, 5) is 32.2. The molecule has 5 rings (SSSR count). The molecule has 0 saturated carbocycles. The molecule has 0 saturated heterocycles. The van der Waals surface area contributed by atoms with Crippen LogP contribution < -0.4 is 24.4 Å². The predicted octanol–water partition coefficient (Wildman–Crippen LogP) is 4.77. The van der Waals surface area contributed by atoms with Crippen LogP contribution in [0.5, 0.6) is 11.5 Å². The van der Waals surface area contributed by atoms with Crippen LogP contribution in [0.15, 0.2) is 99.9 Å². The van der Waals surface area contributed by atoms with Crippen molar-refractivity contribution in [1.82, 2.24) is 4.57 Å². The summed E-state index contributed by atoms with van der Waals surface area (Å²) in [5.41, 5.74) is 3.35. The zero-order chi connectivity index (χ0) is 28.2. The largest absolute Gasteiger partial charge is 0.497 e. The number of aromatic nitrogens is 1. The van der Waals surface area contributed by atoms with Crippen LogP contribution in [0.25, 0.3) is 6.08 Å². The summed E-state index contributed by atoms with van der Waals surface area (Å²) in [5, 5.41) is 0. The highest BCUT2D eigenvalue weighted by molar-refractivity contribution is 7.07. The number of fused-ring (bicyclic) bond motifs is 1. The number of allylic oxidation sites excluding steroid dienone is 1. The predicted molar refractivity (Wildman–Crippen MR) is 155 cm³/mol. The lowest BCUT2D eigenvalue weighted by Gasteiger charge is -2.25. The molecule has 0 radical (unpaired) electrons.